The van der Waals surface area contributed by atoms with E-state index < -0.39 is 0 Å². The lowest BCUT2D eigenvalue weighted by atomic mass is 10.3. The molecule has 0 aliphatic heterocycles. The lowest BCUT2D eigenvalue weighted by molar-refractivity contribution is 0.0878. The molecular formula is C8H12N2O3. The molecule has 1 N–H and O–H groups in total. The largest absolute Gasteiger partial charge is 0.438 e. The number of amides is 1. The molecule has 0 saturated heterocycles. The number of hydrogen-bond acceptors (Lipinski definition) is 4. The lowest BCUT2D eigenvalue weighted by Gasteiger charge is -2.10. The van der Waals surface area contributed by atoms with Gasteiger partial charge in [-0.05, 0) is 6.92 Å². The van der Waals surface area contributed by atoms with Crippen molar-refractivity contribution >= 4 is 5.91 Å². The molecule has 0 saturated carbocycles. The smallest absolute Gasteiger partial charge is 0.288 e. The van der Waals surface area contributed by atoms with Crippen LogP contribution in [0.3, 0.4) is 0 Å². The van der Waals surface area contributed by atoms with Crippen LogP contribution in [-0.4, -0.2) is 30.6 Å². The summed E-state index contributed by atoms with van der Waals surface area (Å²) in [5.74, 6) is -0.0648. The van der Waals surface area contributed by atoms with E-state index in [0.29, 0.717) is 6.61 Å². The monoisotopic (exact) mass is 184 g/mol. The second-order valence-corrected chi connectivity index (χ2v) is 2.70. The molecule has 5 nitrogen and oxygen atoms in total. The number of hydrogen-bond donors (Lipinski definition) is 1. The van der Waals surface area contributed by atoms with E-state index in [1.54, 1.807) is 7.11 Å². The van der Waals surface area contributed by atoms with Crippen LogP contribution in [0.15, 0.2) is 17.0 Å². The number of aromatic nitrogens is 1. The Bertz CT molecular complexity index is 258. The molecule has 1 heterocycles. The van der Waals surface area contributed by atoms with Gasteiger partial charge >= 0.3 is 0 Å². The van der Waals surface area contributed by atoms with Gasteiger partial charge in [-0.3, -0.25) is 4.79 Å². The maximum atomic E-state index is 11.3. The third-order valence-corrected chi connectivity index (χ3v) is 1.45. The standard InChI is InChI=1S/C8H12N2O3/c1-6(4-12-2)10-8(11)7-3-9-5-13-7/h3,5-6H,4H2,1-2H3,(H,10,11)/t6-/m1/s1. The molecule has 0 bridgehead atoms. The van der Waals surface area contributed by atoms with Crippen LogP contribution in [0.25, 0.3) is 0 Å². The number of methoxy groups -OCH3 is 1. The van der Waals surface area contributed by atoms with E-state index >= 15 is 0 Å². The van der Waals surface area contributed by atoms with Crippen molar-refractivity contribution < 1.29 is 13.9 Å². The summed E-state index contributed by atoms with van der Waals surface area (Å²) in [6, 6.07) is -0.0393. The number of oxazole rings is 1. The van der Waals surface area contributed by atoms with Crippen LogP contribution in [0, 0.1) is 0 Å². The fraction of sp³-hybridized carbons (Fsp3) is 0.500. The molecule has 0 spiro atoms. The van der Waals surface area contributed by atoms with E-state index in [1.165, 1.54) is 12.6 Å². The Hall–Kier alpha value is -1.36. The van der Waals surface area contributed by atoms with Gasteiger partial charge in [0.25, 0.3) is 5.91 Å². The van der Waals surface area contributed by atoms with Crippen LogP contribution in [0.1, 0.15) is 17.5 Å². The molecule has 72 valence electrons. The predicted molar refractivity (Wildman–Crippen MR) is 45.3 cm³/mol. The molecule has 0 unspecified atom stereocenters. The van der Waals surface area contributed by atoms with Gasteiger partial charge in [-0.2, -0.15) is 0 Å². The number of carbonyl (C=O) groups is 1. The molecule has 0 aromatic carbocycles. The molecule has 1 aromatic heterocycles. The first-order valence-electron chi connectivity index (χ1n) is 3.92. The Morgan fingerprint density at radius 2 is 2.62 bits per heavy atom. The number of nitrogens with one attached hydrogen (secondary N) is 1. The molecule has 0 radical (unpaired) electrons. The van der Waals surface area contributed by atoms with Gasteiger partial charge in [-0.15, -0.1) is 0 Å². The maximum Gasteiger partial charge on any atom is 0.288 e. The Morgan fingerprint density at radius 1 is 1.85 bits per heavy atom. The quantitative estimate of drug-likeness (QED) is 0.737. The molecule has 13 heavy (non-hydrogen) atoms. The van der Waals surface area contributed by atoms with E-state index in [4.69, 9.17) is 9.15 Å². The molecule has 1 aromatic rings. The second-order valence-electron chi connectivity index (χ2n) is 2.70. The van der Waals surface area contributed by atoms with Crippen LogP contribution < -0.4 is 5.32 Å². The van der Waals surface area contributed by atoms with Crippen LogP contribution in [0.4, 0.5) is 0 Å². The summed E-state index contributed by atoms with van der Waals surface area (Å²) in [7, 11) is 1.58. The number of carbonyl (C=O) groups excluding carboxylic acids is 1. The zero-order chi connectivity index (χ0) is 9.68. The second kappa shape index (κ2) is 4.61. The van der Waals surface area contributed by atoms with Crippen molar-refractivity contribution in [3.63, 3.8) is 0 Å². The van der Waals surface area contributed by atoms with E-state index in [1.807, 2.05) is 6.92 Å². The van der Waals surface area contributed by atoms with Crippen molar-refractivity contribution in [3.05, 3.63) is 18.4 Å². The predicted octanol–water partition coefficient (Wildman–Crippen LogP) is 0.439. The van der Waals surface area contributed by atoms with Gasteiger partial charge < -0.3 is 14.5 Å². The number of rotatable bonds is 4. The molecule has 1 amide bonds. The summed E-state index contributed by atoms with van der Waals surface area (Å²) in [6.07, 6.45) is 2.59. The van der Waals surface area contributed by atoms with Gasteiger partial charge in [0.2, 0.25) is 5.76 Å². The minimum atomic E-state index is -0.276. The van der Waals surface area contributed by atoms with Crippen molar-refractivity contribution in [1.29, 1.82) is 0 Å². The topological polar surface area (TPSA) is 64.4 Å². The first-order chi connectivity index (χ1) is 6.24. The summed E-state index contributed by atoms with van der Waals surface area (Å²) in [4.78, 5) is 14.9. The third-order valence-electron chi connectivity index (χ3n) is 1.45. The maximum absolute atomic E-state index is 11.3. The van der Waals surface area contributed by atoms with Crippen LogP contribution >= 0.6 is 0 Å². The summed E-state index contributed by atoms with van der Waals surface area (Å²) in [6.45, 7) is 2.32. The van der Waals surface area contributed by atoms with Crippen molar-refractivity contribution in [2.75, 3.05) is 13.7 Å². The Kier molecular flexibility index (Phi) is 3.45. The first kappa shape index (κ1) is 9.73. The molecule has 5 heteroatoms. The summed E-state index contributed by atoms with van der Waals surface area (Å²) >= 11 is 0. The summed E-state index contributed by atoms with van der Waals surface area (Å²) < 4.78 is 9.67. The Balaban J connectivity index is 2.42. The van der Waals surface area contributed by atoms with E-state index in [2.05, 4.69) is 10.3 Å². The molecular weight excluding hydrogens is 172 g/mol. The molecule has 0 fully saturated rings. The van der Waals surface area contributed by atoms with Crippen molar-refractivity contribution in [3.8, 4) is 0 Å². The highest BCUT2D eigenvalue weighted by Crippen LogP contribution is 1.96. The van der Waals surface area contributed by atoms with Crippen molar-refractivity contribution in [2.45, 2.75) is 13.0 Å². The SMILES string of the molecule is COC[C@@H](C)NC(=O)c1cnco1. The van der Waals surface area contributed by atoms with Crippen LogP contribution in [0.5, 0.6) is 0 Å². The van der Waals surface area contributed by atoms with Gasteiger partial charge in [-0.25, -0.2) is 4.98 Å². The van der Waals surface area contributed by atoms with Gasteiger partial charge in [0.1, 0.15) is 0 Å². The van der Waals surface area contributed by atoms with Crippen LogP contribution in [-0.2, 0) is 4.74 Å². The molecule has 1 rings (SSSR count). The normalized spacial score (nSPS) is 12.5. The highest BCUT2D eigenvalue weighted by Gasteiger charge is 2.11. The van der Waals surface area contributed by atoms with Gasteiger partial charge in [0, 0.05) is 13.2 Å². The zero-order valence-electron chi connectivity index (χ0n) is 7.61. The first-order valence-corrected chi connectivity index (χ1v) is 3.92. The molecule has 0 aliphatic carbocycles. The average Bonchev–Trinajstić information content (AvgIpc) is 2.55. The summed E-state index contributed by atoms with van der Waals surface area (Å²) in [5.41, 5.74) is 0. The zero-order valence-corrected chi connectivity index (χ0v) is 7.61. The highest BCUT2D eigenvalue weighted by atomic mass is 16.5. The van der Waals surface area contributed by atoms with Crippen molar-refractivity contribution in [2.24, 2.45) is 0 Å². The van der Waals surface area contributed by atoms with Gasteiger partial charge in [0.15, 0.2) is 6.39 Å². The van der Waals surface area contributed by atoms with Gasteiger partial charge in [-0.1, -0.05) is 0 Å². The average molecular weight is 184 g/mol. The van der Waals surface area contributed by atoms with E-state index in [9.17, 15) is 4.79 Å². The van der Waals surface area contributed by atoms with Gasteiger partial charge in [0.05, 0.1) is 12.8 Å². The molecule has 0 aliphatic rings. The highest BCUT2D eigenvalue weighted by molar-refractivity contribution is 5.91. The van der Waals surface area contributed by atoms with E-state index in [0.717, 1.165) is 0 Å². The number of nitrogens with zero attached hydrogens (tertiary/aromatic N) is 1. The molecule has 1 atom stereocenters. The number of ether oxygens (including phenoxy) is 1. The minimum Gasteiger partial charge on any atom is -0.438 e. The van der Waals surface area contributed by atoms with Crippen LogP contribution in [0.2, 0.25) is 0 Å². The van der Waals surface area contributed by atoms with Crippen molar-refractivity contribution in [1.82, 2.24) is 10.3 Å². The fourth-order valence-corrected chi connectivity index (χ4v) is 0.914. The minimum absolute atomic E-state index is 0.0393. The fourth-order valence-electron chi connectivity index (χ4n) is 0.914. The Morgan fingerprint density at radius 3 is 3.15 bits per heavy atom. The Labute approximate surface area is 76.1 Å². The third kappa shape index (κ3) is 2.87. The van der Waals surface area contributed by atoms with E-state index in [-0.39, 0.29) is 17.7 Å². The summed E-state index contributed by atoms with van der Waals surface area (Å²) in [5, 5.41) is 2.69. The lowest BCUT2D eigenvalue weighted by Crippen LogP contribution is -2.35.